The van der Waals surface area contributed by atoms with Crippen molar-refractivity contribution < 1.29 is 9.90 Å². The second-order valence-electron chi connectivity index (χ2n) is 4.84. The molecule has 0 amide bonds. The van der Waals surface area contributed by atoms with E-state index in [1.165, 1.54) is 6.08 Å². The number of hydrogen-bond donors (Lipinski definition) is 1. The van der Waals surface area contributed by atoms with Gasteiger partial charge < -0.3 is 14.9 Å². The summed E-state index contributed by atoms with van der Waals surface area (Å²) in [7, 11) is 4.16. The Morgan fingerprint density at radius 3 is 2.68 bits per heavy atom. The highest BCUT2D eigenvalue weighted by atomic mass is 16.4. The van der Waals surface area contributed by atoms with E-state index in [4.69, 9.17) is 5.11 Å². The van der Waals surface area contributed by atoms with E-state index in [1.54, 1.807) is 12.4 Å². The third-order valence-corrected chi connectivity index (χ3v) is 3.25. The maximum Gasteiger partial charge on any atom is 0.328 e. The van der Waals surface area contributed by atoms with Crippen LogP contribution in [-0.4, -0.2) is 59.2 Å². The molecule has 6 nitrogen and oxygen atoms in total. The number of rotatable bonds is 4. The first-order chi connectivity index (χ1) is 9.06. The Labute approximate surface area is 112 Å². The summed E-state index contributed by atoms with van der Waals surface area (Å²) in [5.41, 5.74) is 0.689. The van der Waals surface area contributed by atoms with Crippen LogP contribution in [0.15, 0.2) is 18.5 Å². The van der Waals surface area contributed by atoms with Gasteiger partial charge in [0.05, 0.1) is 0 Å². The lowest BCUT2D eigenvalue weighted by Crippen LogP contribution is -2.32. The molecular formula is C13H18N4O2. The first-order valence-electron chi connectivity index (χ1n) is 6.20. The van der Waals surface area contributed by atoms with Gasteiger partial charge in [-0.15, -0.1) is 0 Å². The van der Waals surface area contributed by atoms with Crippen molar-refractivity contribution >= 4 is 18.0 Å². The van der Waals surface area contributed by atoms with E-state index < -0.39 is 5.97 Å². The van der Waals surface area contributed by atoms with Gasteiger partial charge in [0.2, 0.25) is 5.95 Å². The van der Waals surface area contributed by atoms with Gasteiger partial charge >= 0.3 is 5.97 Å². The van der Waals surface area contributed by atoms with Gasteiger partial charge in [0, 0.05) is 43.2 Å². The topological polar surface area (TPSA) is 69.6 Å². The van der Waals surface area contributed by atoms with Gasteiger partial charge in [-0.2, -0.15) is 0 Å². The lowest BCUT2D eigenvalue weighted by Gasteiger charge is -2.20. The molecule has 1 unspecified atom stereocenters. The monoisotopic (exact) mass is 262 g/mol. The average Bonchev–Trinajstić information content (AvgIpc) is 2.86. The van der Waals surface area contributed by atoms with Crippen molar-refractivity contribution in [3.8, 4) is 0 Å². The van der Waals surface area contributed by atoms with Crippen LogP contribution >= 0.6 is 0 Å². The van der Waals surface area contributed by atoms with Gasteiger partial charge in [-0.3, -0.25) is 0 Å². The Balaban J connectivity index is 2.01. The summed E-state index contributed by atoms with van der Waals surface area (Å²) in [4.78, 5) is 23.3. The predicted octanol–water partition coefficient (Wildman–Crippen LogP) is 0.715. The number of nitrogens with zero attached hydrogens (tertiary/aromatic N) is 4. The molecule has 19 heavy (non-hydrogen) atoms. The van der Waals surface area contributed by atoms with Gasteiger partial charge in [0.15, 0.2) is 0 Å². The van der Waals surface area contributed by atoms with Gasteiger partial charge in [-0.25, -0.2) is 14.8 Å². The van der Waals surface area contributed by atoms with Crippen LogP contribution in [0.25, 0.3) is 6.08 Å². The summed E-state index contributed by atoms with van der Waals surface area (Å²) in [5.74, 6) is -0.269. The fraction of sp³-hybridized carbons (Fsp3) is 0.462. The highest BCUT2D eigenvalue weighted by Gasteiger charge is 2.25. The minimum Gasteiger partial charge on any atom is -0.478 e. The van der Waals surface area contributed by atoms with Crippen molar-refractivity contribution in [3.05, 3.63) is 24.0 Å². The summed E-state index contributed by atoms with van der Waals surface area (Å²) in [6.07, 6.45) is 6.96. The average molecular weight is 262 g/mol. The minimum absolute atomic E-state index is 0.537. The lowest BCUT2D eigenvalue weighted by atomic mass is 10.2. The molecule has 0 radical (unpaired) electrons. The molecule has 2 rings (SSSR count). The Hall–Kier alpha value is -1.95. The highest BCUT2D eigenvalue weighted by Crippen LogP contribution is 2.18. The normalized spacial score (nSPS) is 19.5. The van der Waals surface area contributed by atoms with Crippen molar-refractivity contribution in [2.45, 2.75) is 12.5 Å². The largest absolute Gasteiger partial charge is 0.478 e. The van der Waals surface area contributed by atoms with Crippen molar-refractivity contribution in [2.24, 2.45) is 0 Å². The van der Waals surface area contributed by atoms with Crippen LogP contribution in [0.4, 0.5) is 5.95 Å². The van der Waals surface area contributed by atoms with Crippen molar-refractivity contribution in [3.63, 3.8) is 0 Å². The Kier molecular flexibility index (Phi) is 4.11. The maximum absolute atomic E-state index is 10.4. The van der Waals surface area contributed by atoms with Crippen LogP contribution in [0.3, 0.4) is 0 Å². The van der Waals surface area contributed by atoms with Crippen LogP contribution < -0.4 is 4.90 Å². The number of hydrogen-bond acceptors (Lipinski definition) is 5. The molecular weight excluding hydrogens is 244 g/mol. The summed E-state index contributed by atoms with van der Waals surface area (Å²) >= 11 is 0. The number of likely N-dealkylation sites (N-methyl/N-ethyl adjacent to an activating group) is 1. The van der Waals surface area contributed by atoms with Gasteiger partial charge in [0.25, 0.3) is 0 Å². The molecule has 1 aliphatic heterocycles. The van der Waals surface area contributed by atoms with E-state index in [9.17, 15) is 4.79 Å². The Bertz CT molecular complexity index is 470. The third kappa shape index (κ3) is 3.51. The molecule has 0 aromatic carbocycles. The van der Waals surface area contributed by atoms with E-state index in [1.807, 2.05) is 0 Å². The first-order valence-corrected chi connectivity index (χ1v) is 6.20. The molecule has 2 heterocycles. The van der Waals surface area contributed by atoms with E-state index in [0.29, 0.717) is 17.6 Å². The summed E-state index contributed by atoms with van der Waals surface area (Å²) in [5, 5.41) is 8.54. The smallest absolute Gasteiger partial charge is 0.328 e. The van der Waals surface area contributed by atoms with Crippen molar-refractivity contribution in [2.75, 3.05) is 32.1 Å². The van der Waals surface area contributed by atoms with Crippen molar-refractivity contribution in [1.29, 1.82) is 0 Å². The number of aromatic nitrogens is 2. The standard InChI is InChI=1S/C13H18N4O2/c1-16(2)11-5-6-17(9-11)13-14-7-10(8-15-13)3-4-12(18)19/h3-4,7-8,11H,5-6,9H2,1-2H3,(H,18,19)/b4-3+. The number of carbonyl (C=O) groups is 1. The molecule has 0 spiro atoms. The molecule has 6 heteroatoms. The molecule has 1 N–H and O–H groups in total. The van der Waals surface area contributed by atoms with E-state index in [-0.39, 0.29) is 0 Å². The third-order valence-electron chi connectivity index (χ3n) is 3.25. The fourth-order valence-electron chi connectivity index (χ4n) is 2.09. The molecule has 1 aliphatic rings. The number of anilines is 1. The van der Waals surface area contributed by atoms with Crippen molar-refractivity contribution in [1.82, 2.24) is 14.9 Å². The maximum atomic E-state index is 10.4. The second kappa shape index (κ2) is 5.79. The van der Waals surface area contributed by atoms with Crippen LogP contribution in [0, 0.1) is 0 Å². The zero-order chi connectivity index (χ0) is 13.8. The predicted molar refractivity (Wildman–Crippen MR) is 73.0 cm³/mol. The molecule has 1 saturated heterocycles. The lowest BCUT2D eigenvalue weighted by molar-refractivity contribution is -0.131. The number of carboxylic acid groups (broad SMARTS) is 1. The zero-order valence-electron chi connectivity index (χ0n) is 11.2. The van der Waals surface area contributed by atoms with E-state index in [2.05, 4.69) is 33.9 Å². The number of carboxylic acids is 1. The Morgan fingerprint density at radius 1 is 1.47 bits per heavy atom. The molecule has 1 aromatic rings. The van der Waals surface area contributed by atoms with Crippen LogP contribution in [0.1, 0.15) is 12.0 Å². The van der Waals surface area contributed by atoms with Crippen LogP contribution in [0.2, 0.25) is 0 Å². The zero-order valence-corrected chi connectivity index (χ0v) is 11.2. The second-order valence-corrected chi connectivity index (χ2v) is 4.84. The summed E-state index contributed by atoms with van der Waals surface area (Å²) in [6.45, 7) is 1.88. The molecule has 0 bridgehead atoms. The first kappa shape index (κ1) is 13.5. The minimum atomic E-state index is -0.975. The van der Waals surface area contributed by atoms with E-state index in [0.717, 1.165) is 25.6 Å². The molecule has 1 atom stereocenters. The SMILES string of the molecule is CN(C)C1CCN(c2ncc(/C=C/C(=O)O)cn2)C1. The molecule has 102 valence electrons. The molecule has 0 aliphatic carbocycles. The Morgan fingerprint density at radius 2 is 2.16 bits per heavy atom. The van der Waals surface area contributed by atoms with Gasteiger partial charge in [-0.1, -0.05) is 0 Å². The van der Waals surface area contributed by atoms with Crippen LogP contribution in [0.5, 0.6) is 0 Å². The molecule has 1 aromatic heterocycles. The van der Waals surface area contributed by atoms with Gasteiger partial charge in [-0.05, 0) is 26.6 Å². The quantitative estimate of drug-likeness (QED) is 0.806. The molecule has 1 fully saturated rings. The summed E-state index contributed by atoms with van der Waals surface area (Å²) in [6, 6.07) is 0.537. The van der Waals surface area contributed by atoms with Gasteiger partial charge in [0.1, 0.15) is 0 Å². The number of aliphatic carboxylic acids is 1. The summed E-state index contributed by atoms with van der Waals surface area (Å²) < 4.78 is 0. The fourth-order valence-corrected chi connectivity index (χ4v) is 2.09. The van der Waals surface area contributed by atoms with Crippen LogP contribution in [-0.2, 0) is 4.79 Å². The van der Waals surface area contributed by atoms with E-state index >= 15 is 0 Å². The molecule has 0 saturated carbocycles. The highest BCUT2D eigenvalue weighted by molar-refractivity contribution is 5.85.